The van der Waals surface area contributed by atoms with Crippen LogP contribution in [0.3, 0.4) is 0 Å². The van der Waals surface area contributed by atoms with E-state index in [1.807, 2.05) is 19.1 Å². The van der Waals surface area contributed by atoms with Crippen molar-refractivity contribution in [1.29, 1.82) is 0 Å². The van der Waals surface area contributed by atoms with Gasteiger partial charge >= 0.3 is 0 Å². The number of carbonyl (C=O) groups excluding carboxylic acids is 1. The molecule has 5 heteroatoms. The summed E-state index contributed by atoms with van der Waals surface area (Å²) < 4.78 is 11.0. The third kappa shape index (κ3) is 3.95. The number of carbonyl (C=O) groups is 1. The molecule has 5 nitrogen and oxygen atoms in total. The van der Waals surface area contributed by atoms with Gasteiger partial charge in [-0.2, -0.15) is 0 Å². The third-order valence-corrected chi connectivity index (χ3v) is 2.93. The molecule has 2 aromatic rings. The second-order valence-electron chi connectivity index (χ2n) is 4.40. The Morgan fingerprint density at radius 3 is 2.62 bits per heavy atom. The summed E-state index contributed by atoms with van der Waals surface area (Å²) in [7, 11) is 1.57. The minimum absolute atomic E-state index is 0.212. The molecule has 21 heavy (non-hydrogen) atoms. The van der Waals surface area contributed by atoms with Gasteiger partial charge in [0, 0.05) is 6.20 Å². The van der Waals surface area contributed by atoms with Crippen LogP contribution in [-0.2, 0) is 4.79 Å². The lowest BCUT2D eigenvalue weighted by Gasteiger charge is -2.18. The first-order valence-corrected chi connectivity index (χ1v) is 6.75. The molecule has 0 unspecified atom stereocenters. The van der Waals surface area contributed by atoms with Gasteiger partial charge in [-0.15, -0.1) is 0 Å². The van der Waals surface area contributed by atoms with Crippen LogP contribution in [0.1, 0.15) is 13.3 Å². The smallest absolute Gasteiger partial charge is 0.265 e. The molecule has 1 atom stereocenters. The summed E-state index contributed by atoms with van der Waals surface area (Å²) in [5.41, 5.74) is 0.643. The maximum atomic E-state index is 12.2. The van der Waals surface area contributed by atoms with Crippen molar-refractivity contribution in [2.24, 2.45) is 0 Å². The van der Waals surface area contributed by atoms with Crippen LogP contribution < -0.4 is 14.8 Å². The molecule has 110 valence electrons. The number of ether oxygens (including phenoxy) is 2. The van der Waals surface area contributed by atoms with Crippen molar-refractivity contribution >= 4 is 11.6 Å². The zero-order valence-electron chi connectivity index (χ0n) is 12.1. The van der Waals surface area contributed by atoms with Crippen LogP contribution >= 0.6 is 0 Å². The lowest BCUT2D eigenvalue weighted by atomic mass is 10.2. The van der Waals surface area contributed by atoms with Crippen LogP contribution in [0.15, 0.2) is 48.8 Å². The lowest BCUT2D eigenvalue weighted by molar-refractivity contribution is -0.122. The normalized spacial score (nSPS) is 11.5. The van der Waals surface area contributed by atoms with Crippen molar-refractivity contribution in [3.05, 3.63) is 48.8 Å². The average molecular weight is 286 g/mol. The Kier molecular flexibility index (Phi) is 5.15. The van der Waals surface area contributed by atoms with Crippen molar-refractivity contribution in [2.75, 3.05) is 12.4 Å². The first-order valence-electron chi connectivity index (χ1n) is 6.75. The Hall–Kier alpha value is -2.56. The number of hydrogen-bond acceptors (Lipinski definition) is 4. The highest BCUT2D eigenvalue weighted by molar-refractivity contribution is 5.94. The molecule has 0 saturated carbocycles. The summed E-state index contributed by atoms with van der Waals surface area (Å²) in [6.45, 7) is 1.89. The van der Waals surface area contributed by atoms with Crippen LogP contribution in [0.2, 0.25) is 0 Å². The minimum Gasteiger partial charge on any atom is -0.493 e. The molecule has 0 spiro atoms. The predicted octanol–water partition coefficient (Wildman–Crippen LogP) is 2.89. The first-order chi connectivity index (χ1) is 10.2. The van der Waals surface area contributed by atoms with E-state index in [-0.39, 0.29) is 5.91 Å². The quantitative estimate of drug-likeness (QED) is 0.887. The summed E-state index contributed by atoms with van der Waals surface area (Å²) in [6.07, 6.45) is 3.19. The zero-order chi connectivity index (χ0) is 15.1. The Morgan fingerprint density at radius 1 is 1.24 bits per heavy atom. The predicted molar refractivity (Wildman–Crippen MR) is 80.6 cm³/mol. The molecular weight excluding hydrogens is 268 g/mol. The van der Waals surface area contributed by atoms with Gasteiger partial charge in [-0.25, -0.2) is 0 Å². The Balaban J connectivity index is 2.07. The molecule has 1 N–H and O–H groups in total. The number of benzene rings is 1. The van der Waals surface area contributed by atoms with Crippen molar-refractivity contribution in [3.63, 3.8) is 0 Å². The number of para-hydroxylation sites is 2. The first kappa shape index (κ1) is 14.8. The van der Waals surface area contributed by atoms with Crippen molar-refractivity contribution in [3.8, 4) is 11.5 Å². The highest BCUT2D eigenvalue weighted by Gasteiger charge is 2.20. The summed E-state index contributed by atoms with van der Waals surface area (Å²) in [4.78, 5) is 16.2. The van der Waals surface area contributed by atoms with Gasteiger partial charge in [-0.1, -0.05) is 19.1 Å². The van der Waals surface area contributed by atoms with E-state index in [4.69, 9.17) is 9.47 Å². The number of hydrogen-bond donors (Lipinski definition) is 1. The van der Waals surface area contributed by atoms with E-state index in [1.165, 1.54) is 0 Å². The van der Waals surface area contributed by atoms with Crippen LogP contribution in [0.4, 0.5) is 5.69 Å². The topological polar surface area (TPSA) is 60.5 Å². The van der Waals surface area contributed by atoms with E-state index in [1.54, 1.807) is 43.8 Å². The Bertz CT molecular complexity index is 587. The average Bonchev–Trinajstić information content (AvgIpc) is 2.53. The maximum Gasteiger partial charge on any atom is 0.265 e. The van der Waals surface area contributed by atoms with E-state index < -0.39 is 6.10 Å². The van der Waals surface area contributed by atoms with E-state index in [0.29, 0.717) is 23.6 Å². The molecule has 2 rings (SSSR count). The molecule has 1 aromatic carbocycles. The Morgan fingerprint density at radius 2 is 2.00 bits per heavy atom. The number of nitrogens with one attached hydrogen (secondary N) is 1. The van der Waals surface area contributed by atoms with Crippen LogP contribution in [0.25, 0.3) is 0 Å². The van der Waals surface area contributed by atoms with Crippen molar-refractivity contribution in [1.82, 2.24) is 4.98 Å². The zero-order valence-corrected chi connectivity index (χ0v) is 12.1. The van der Waals surface area contributed by atoms with Gasteiger partial charge in [-0.3, -0.25) is 9.78 Å². The molecule has 1 aromatic heterocycles. The highest BCUT2D eigenvalue weighted by Crippen LogP contribution is 2.27. The minimum atomic E-state index is -0.596. The molecule has 1 heterocycles. The van der Waals surface area contributed by atoms with E-state index in [0.717, 1.165) is 0 Å². The van der Waals surface area contributed by atoms with Gasteiger partial charge in [0.25, 0.3) is 5.91 Å². The largest absolute Gasteiger partial charge is 0.493 e. The number of rotatable bonds is 6. The van der Waals surface area contributed by atoms with Crippen LogP contribution in [0.5, 0.6) is 11.5 Å². The molecular formula is C16H18N2O3. The SMILES string of the molecule is CC[C@H](Oc1ccccc1OC)C(=O)Nc1cccnc1. The summed E-state index contributed by atoms with van der Waals surface area (Å²) in [5, 5.41) is 2.78. The fourth-order valence-electron chi connectivity index (χ4n) is 1.85. The molecule has 0 radical (unpaired) electrons. The number of aromatic nitrogens is 1. The highest BCUT2D eigenvalue weighted by atomic mass is 16.5. The fraction of sp³-hybridized carbons (Fsp3) is 0.250. The van der Waals surface area contributed by atoms with E-state index in [9.17, 15) is 4.79 Å². The summed E-state index contributed by atoms with van der Waals surface area (Å²) in [6, 6.07) is 10.8. The van der Waals surface area contributed by atoms with E-state index >= 15 is 0 Å². The lowest BCUT2D eigenvalue weighted by Crippen LogP contribution is -2.32. The van der Waals surface area contributed by atoms with E-state index in [2.05, 4.69) is 10.3 Å². The number of methoxy groups -OCH3 is 1. The number of anilines is 1. The monoisotopic (exact) mass is 286 g/mol. The second-order valence-corrected chi connectivity index (χ2v) is 4.40. The Labute approximate surface area is 123 Å². The molecule has 1 amide bonds. The molecule has 0 saturated heterocycles. The number of pyridine rings is 1. The van der Waals surface area contributed by atoms with Gasteiger partial charge in [0.05, 0.1) is 19.0 Å². The van der Waals surface area contributed by atoms with Gasteiger partial charge < -0.3 is 14.8 Å². The van der Waals surface area contributed by atoms with Crippen LogP contribution in [-0.4, -0.2) is 24.1 Å². The van der Waals surface area contributed by atoms with Crippen molar-refractivity contribution < 1.29 is 14.3 Å². The fourth-order valence-corrected chi connectivity index (χ4v) is 1.85. The molecule has 0 aliphatic carbocycles. The molecule has 0 aliphatic rings. The van der Waals surface area contributed by atoms with Gasteiger partial charge in [0.15, 0.2) is 17.6 Å². The molecule has 0 fully saturated rings. The summed E-state index contributed by atoms with van der Waals surface area (Å²) in [5.74, 6) is 0.940. The third-order valence-electron chi connectivity index (χ3n) is 2.93. The molecule has 0 aliphatic heterocycles. The number of nitrogens with zero attached hydrogens (tertiary/aromatic N) is 1. The molecule has 0 bridgehead atoms. The summed E-state index contributed by atoms with van der Waals surface area (Å²) >= 11 is 0. The van der Waals surface area contributed by atoms with Gasteiger partial charge in [0.2, 0.25) is 0 Å². The van der Waals surface area contributed by atoms with Crippen LogP contribution in [0, 0.1) is 0 Å². The van der Waals surface area contributed by atoms with Gasteiger partial charge in [0.1, 0.15) is 0 Å². The maximum absolute atomic E-state index is 12.2. The number of amides is 1. The standard InChI is InChI=1S/C16H18N2O3/c1-3-13(16(19)18-12-7-6-10-17-11-12)21-15-9-5-4-8-14(15)20-2/h4-11,13H,3H2,1-2H3,(H,18,19)/t13-/m0/s1. The van der Waals surface area contributed by atoms with Crippen molar-refractivity contribution in [2.45, 2.75) is 19.4 Å². The van der Waals surface area contributed by atoms with Gasteiger partial charge in [-0.05, 0) is 30.7 Å². The second kappa shape index (κ2) is 7.28.